The van der Waals surface area contributed by atoms with Crippen molar-refractivity contribution in [1.82, 2.24) is 10.2 Å². The van der Waals surface area contributed by atoms with Crippen LogP contribution in [0, 0.1) is 17.8 Å². The maximum absolute atomic E-state index is 12.6. The molecular formula is C16H26N2O3S. The van der Waals surface area contributed by atoms with Gasteiger partial charge in [-0.15, -0.1) is 0 Å². The van der Waals surface area contributed by atoms with E-state index in [1.807, 2.05) is 0 Å². The summed E-state index contributed by atoms with van der Waals surface area (Å²) in [6, 6.07) is -0.0342. The zero-order valence-electron chi connectivity index (χ0n) is 13.3. The Labute approximate surface area is 132 Å². The van der Waals surface area contributed by atoms with E-state index < -0.39 is 9.84 Å². The van der Waals surface area contributed by atoms with Crippen LogP contribution >= 0.6 is 0 Å². The molecule has 0 aromatic carbocycles. The van der Waals surface area contributed by atoms with Crippen molar-refractivity contribution in [1.29, 1.82) is 0 Å². The largest absolute Gasteiger partial charge is 0.333 e. The fourth-order valence-electron chi connectivity index (χ4n) is 5.83. The van der Waals surface area contributed by atoms with Crippen LogP contribution in [0.2, 0.25) is 0 Å². The molecule has 5 aliphatic rings. The summed E-state index contributed by atoms with van der Waals surface area (Å²) < 4.78 is 23.3. The Balaban J connectivity index is 1.43. The van der Waals surface area contributed by atoms with Crippen LogP contribution in [0.15, 0.2) is 0 Å². The second kappa shape index (κ2) is 4.86. The molecule has 1 saturated heterocycles. The van der Waals surface area contributed by atoms with Crippen molar-refractivity contribution >= 4 is 15.9 Å². The number of carbonyl (C=O) groups is 1. The van der Waals surface area contributed by atoms with E-state index in [1.54, 1.807) is 4.90 Å². The number of sulfone groups is 1. The molecule has 1 heterocycles. The molecule has 124 valence electrons. The van der Waals surface area contributed by atoms with Crippen molar-refractivity contribution in [3.8, 4) is 0 Å². The summed E-state index contributed by atoms with van der Waals surface area (Å²) in [5.41, 5.74) is 0.00894. The van der Waals surface area contributed by atoms with E-state index in [-0.39, 0.29) is 16.8 Å². The van der Waals surface area contributed by atoms with Gasteiger partial charge in [-0.05, 0) is 62.7 Å². The van der Waals surface area contributed by atoms with Crippen molar-refractivity contribution in [3.63, 3.8) is 0 Å². The zero-order chi connectivity index (χ0) is 15.5. The number of likely N-dealkylation sites (tertiary alicyclic amines) is 1. The third kappa shape index (κ3) is 2.53. The first-order valence-corrected chi connectivity index (χ1v) is 10.5. The van der Waals surface area contributed by atoms with Gasteiger partial charge in [0, 0.05) is 24.9 Å². The summed E-state index contributed by atoms with van der Waals surface area (Å²) in [7, 11) is -3.04. The lowest BCUT2D eigenvalue weighted by molar-refractivity contribution is -0.0153. The summed E-state index contributed by atoms with van der Waals surface area (Å²) in [4.78, 5) is 14.3. The number of rotatable bonds is 2. The van der Waals surface area contributed by atoms with Crippen LogP contribution in [0.3, 0.4) is 0 Å². The van der Waals surface area contributed by atoms with Crippen molar-refractivity contribution in [3.05, 3.63) is 0 Å². The Hall–Kier alpha value is -0.780. The number of carbonyl (C=O) groups excluding carboxylic acids is 1. The van der Waals surface area contributed by atoms with Gasteiger partial charge in [0.2, 0.25) is 0 Å². The molecule has 1 aliphatic heterocycles. The lowest BCUT2D eigenvalue weighted by atomic mass is 9.53. The Kier molecular flexibility index (Phi) is 3.26. The van der Waals surface area contributed by atoms with Gasteiger partial charge in [-0.25, -0.2) is 13.2 Å². The predicted molar refractivity (Wildman–Crippen MR) is 84.3 cm³/mol. The number of nitrogens with one attached hydrogen (secondary N) is 1. The molecule has 5 nitrogen and oxygen atoms in total. The monoisotopic (exact) mass is 326 g/mol. The predicted octanol–water partition coefficient (Wildman–Crippen LogP) is 1.78. The van der Waals surface area contributed by atoms with Gasteiger partial charge in [0.25, 0.3) is 0 Å². The first-order valence-electron chi connectivity index (χ1n) is 8.59. The van der Waals surface area contributed by atoms with Crippen LogP contribution in [0.4, 0.5) is 4.79 Å². The normalized spacial score (nSPS) is 43.6. The maximum Gasteiger partial charge on any atom is 0.317 e. The van der Waals surface area contributed by atoms with E-state index in [2.05, 4.69) is 5.32 Å². The highest BCUT2D eigenvalue weighted by Gasteiger charge is 2.52. The van der Waals surface area contributed by atoms with E-state index >= 15 is 0 Å². The fraction of sp³-hybridized carbons (Fsp3) is 0.938. The number of hydrogen-bond acceptors (Lipinski definition) is 3. The molecule has 0 radical (unpaired) electrons. The molecule has 4 aliphatic carbocycles. The molecule has 1 unspecified atom stereocenters. The van der Waals surface area contributed by atoms with Gasteiger partial charge < -0.3 is 10.2 Å². The molecular weight excluding hydrogens is 300 g/mol. The van der Waals surface area contributed by atoms with E-state index in [4.69, 9.17) is 0 Å². The van der Waals surface area contributed by atoms with E-state index in [0.29, 0.717) is 19.5 Å². The second-order valence-electron chi connectivity index (χ2n) is 8.31. The molecule has 0 aromatic rings. The van der Waals surface area contributed by atoms with Crippen LogP contribution in [-0.2, 0) is 9.84 Å². The minimum absolute atomic E-state index is 0.00894. The fourth-order valence-corrected chi connectivity index (χ4v) is 6.82. The van der Waals surface area contributed by atoms with Gasteiger partial charge in [0.05, 0.1) is 5.25 Å². The lowest BCUT2D eigenvalue weighted by Gasteiger charge is -2.57. The Morgan fingerprint density at radius 3 is 2.09 bits per heavy atom. The van der Waals surface area contributed by atoms with Gasteiger partial charge in [0.1, 0.15) is 0 Å². The first kappa shape index (κ1) is 14.8. The van der Waals surface area contributed by atoms with Crippen molar-refractivity contribution < 1.29 is 13.2 Å². The Bertz CT molecular complexity index is 551. The molecule has 22 heavy (non-hydrogen) atoms. The van der Waals surface area contributed by atoms with Crippen LogP contribution in [0.5, 0.6) is 0 Å². The molecule has 6 heteroatoms. The van der Waals surface area contributed by atoms with Crippen LogP contribution in [0.25, 0.3) is 0 Å². The molecule has 4 saturated carbocycles. The summed E-state index contributed by atoms with van der Waals surface area (Å²) >= 11 is 0. The molecule has 5 fully saturated rings. The third-order valence-electron chi connectivity index (χ3n) is 6.45. The number of hydrogen-bond donors (Lipinski definition) is 1. The number of amides is 2. The minimum atomic E-state index is -3.04. The highest BCUT2D eigenvalue weighted by molar-refractivity contribution is 7.91. The van der Waals surface area contributed by atoms with Gasteiger partial charge in [0.15, 0.2) is 9.84 Å². The standard InChI is InChI=1S/C16H26N2O3S/c1-22(20,21)14-2-3-18(10-14)15(19)17-16-7-11-4-12(8-16)6-13(5-11)9-16/h11-14H,2-10H2,1H3,(H,17,19). The van der Waals surface area contributed by atoms with Crippen molar-refractivity contribution in [2.45, 2.75) is 55.7 Å². The highest BCUT2D eigenvalue weighted by Crippen LogP contribution is 2.55. The molecule has 4 bridgehead atoms. The average molecular weight is 326 g/mol. The molecule has 1 N–H and O–H groups in total. The smallest absolute Gasteiger partial charge is 0.317 e. The van der Waals surface area contributed by atoms with Gasteiger partial charge in [-0.2, -0.15) is 0 Å². The van der Waals surface area contributed by atoms with E-state index in [1.165, 1.54) is 25.5 Å². The summed E-state index contributed by atoms with van der Waals surface area (Å²) in [5.74, 6) is 2.40. The SMILES string of the molecule is CS(=O)(=O)C1CCN(C(=O)NC23CC4CC(CC(C4)C2)C3)C1. The van der Waals surface area contributed by atoms with Gasteiger partial charge in [-0.3, -0.25) is 0 Å². The minimum Gasteiger partial charge on any atom is -0.333 e. The van der Waals surface area contributed by atoms with E-state index in [0.717, 1.165) is 37.0 Å². The molecule has 0 aromatic heterocycles. The van der Waals surface area contributed by atoms with Crippen molar-refractivity contribution in [2.24, 2.45) is 17.8 Å². The lowest BCUT2D eigenvalue weighted by Crippen LogP contribution is -2.61. The van der Waals surface area contributed by atoms with Crippen LogP contribution < -0.4 is 5.32 Å². The zero-order valence-corrected chi connectivity index (χ0v) is 14.1. The summed E-state index contributed by atoms with van der Waals surface area (Å²) in [6.45, 7) is 0.924. The topological polar surface area (TPSA) is 66.5 Å². The van der Waals surface area contributed by atoms with Crippen molar-refractivity contribution in [2.75, 3.05) is 19.3 Å². The second-order valence-corrected chi connectivity index (χ2v) is 10.6. The number of urea groups is 1. The average Bonchev–Trinajstić information content (AvgIpc) is 2.85. The maximum atomic E-state index is 12.6. The molecule has 2 amide bonds. The highest BCUT2D eigenvalue weighted by atomic mass is 32.2. The van der Waals surface area contributed by atoms with Gasteiger partial charge >= 0.3 is 6.03 Å². The van der Waals surface area contributed by atoms with E-state index in [9.17, 15) is 13.2 Å². The first-order chi connectivity index (χ1) is 10.3. The van der Waals surface area contributed by atoms with Crippen LogP contribution in [0.1, 0.15) is 44.9 Å². The van der Waals surface area contributed by atoms with Crippen LogP contribution in [-0.4, -0.2) is 49.5 Å². The summed E-state index contributed by atoms with van der Waals surface area (Å²) in [6.07, 6.45) is 9.32. The van der Waals surface area contributed by atoms with Gasteiger partial charge in [-0.1, -0.05) is 0 Å². The Morgan fingerprint density at radius 2 is 1.64 bits per heavy atom. The molecule has 5 rings (SSSR count). The molecule has 1 atom stereocenters. The summed E-state index contributed by atoms with van der Waals surface area (Å²) in [5, 5.41) is 2.95. The quantitative estimate of drug-likeness (QED) is 0.841. The Morgan fingerprint density at radius 1 is 1.09 bits per heavy atom. The third-order valence-corrected chi connectivity index (χ3v) is 8.04. The molecule has 0 spiro atoms. The number of nitrogens with zero attached hydrogens (tertiary/aromatic N) is 1.